The molecule has 2 rings (SSSR count). The first-order valence-electron chi connectivity index (χ1n) is 5.20. The fourth-order valence-electron chi connectivity index (χ4n) is 1.67. The van der Waals surface area contributed by atoms with Gasteiger partial charge in [-0.25, -0.2) is 4.98 Å². The van der Waals surface area contributed by atoms with Gasteiger partial charge in [0.05, 0.1) is 18.2 Å². The molecule has 0 radical (unpaired) electrons. The number of aromatic nitrogens is 1. The maximum absolute atomic E-state index is 9.00. The van der Waals surface area contributed by atoms with Crippen molar-refractivity contribution >= 4 is 17.4 Å². The highest BCUT2D eigenvalue weighted by Gasteiger charge is 2.29. The zero-order valence-corrected chi connectivity index (χ0v) is 9.48. The molecule has 1 heterocycles. The average molecular weight is 238 g/mol. The Balaban J connectivity index is 2.29. The summed E-state index contributed by atoms with van der Waals surface area (Å²) in [5, 5.41) is 18.2. The van der Waals surface area contributed by atoms with Crippen LogP contribution in [-0.4, -0.2) is 29.3 Å². The van der Waals surface area contributed by atoms with Crippen LogP contribution in [0.3, 0.4) is 0 Å². The summed E-state index contributed by atoms with van der Waals surface area (Å²) in [6, 6.07) is 5.73. The highest BCUT2D eigenvalue weighted by atomic mass is 35.5. The molecule has 0 amide bonds. The molecule has 4 nitrogen and oxygen atoms in total. The first-order valence-corrected chi connectivity index (χ1v) is 5.57. The van der Waals surface area contributed by atoms with Crippen LogP contribution in [-0.2, 0) is 0 Å². The number of nitriles is 1. The maximum atomic E-state index is 9.00. The summed E-state index contributed by atoms with van der Waals surface area (Å²) in [6.07, 6.45) is 2.21. The van der Waals surface area contributed by atoms with Crippen LogP contribution >= 0.6 is 11.6 Å². The maximum Gasteiger partial charge on any atom is 0.132 e. The van der Waals surface area contributed by atoms with Gasteiger partial charge >= 0.3 is 0 Å². The molecule has 0 unspecified atom stereocenters. The fraction of sp³-hybridized carbons (Fsp3) is 0.455. The van der Waals surface area contributed by atoms with E-state index in [0.29, 0.717) is 29.1 Å². The molecule has 1 aromatic rings. The second-order valence-electron chi connectivity index (χ2n) is 3.80. The van der Waals surface area contributed by atoms with Crippen LogP contribution in [0.5, 0.6) is 0 Å². The third-order valence-corrected chi connectivity index (χ3v) is 2.73. The molecule has 0 atom stereocenters. The third-order valence-electron chi connectivity index (χ3n) is 2.53. The second-order valence-corrected chi connectivity index (χ2v) is 4.18. The molecular formula is C11H12ClN3O. The number of nitrogens with zero attached hydrogens (tertiary/aromatic N) is 3. The van der Waals surface area contributed by atoms with Crippen LogP contribution in [0.15, 0.2) is 12.1 Å². The van der Waals surface area contributed by atoms with Gasteiger partial charge in [-0.05, 0) is 25.0 Å². The van der Waals surface area contributed by atoms with Gasteiger partial charge in [0.1, 0.15) is 11.0 Å². The summed E-state index contributed by atoms with van der Waals surface area (Å²) in [6.45, 7) is 0.607. The zero-order valence-electron chi connectivity index (χ0n) is 8.73. The summed E-state index contributed by atoms with van der Waals surface area (Å²) < 4.78 is 0. The number of anilines is 1. The Morgan fingerprint density at radius 2 is 2.31 bits per heavy atom. The van der Waals surface area contributed by atoms with Gasteiger partial charge in [-0.2, -0.15) is 5.26 Å². The monoisotopic (exact) mass is 237 g/mol. The van der Waals surface area contributed by atoms with E-state index in [1.165, 1.54) is 6.07 Å². The Labute approximate surface area is 99.1 Å². The quantitative estimate of drug-likeness (QED) is 0.808. The highest BCUT2D eigenvalue weighted by molar-refractivity contribution is 6.29. The smallest absolute Gasteiger partial charge is 0.132 e. The van der Waals surface area contributed by atoms with Crippen molar-refractivity contribution in [1.29, 1.82) is 5.26 Å². The predicted octanol–water partition coefficient (Wildman–Crippen LogP) is 1.57. The van der Waals surface area contributed by atoms with Gasteiger partial charge < -0.3 is 10.0 Å². The van der Waals surface area contributed by atoms with Gasteiger partial charge in [0.25, 0.3) is 0 Å². The minimum Gasteiger partial charge on any atom is -0.395 e. The first-order chi connectivity index (χ1) is 7.74. The molecule has 1 aliphatic rings. The van der Waals surface area contributed by atoms with E-state index in [1.807, 2.05) is 4.90 Å². The molecular weight excluding hydrogens is 226 g/mol. The summed E-state index contributed by atoms with van der Waals surface area (Å²) in [5.74, 6) is 0.681. The van der Waals surface area contributed by atoms with Crippen molar-refractivity contribution in [1.82, 2.24) is 4.98 Å². The van der Waals surface area contributed by atoms with Crippen LogP contribution < -0.4 is 4.90 Å². The van der Waals surface area contributed by atoms with Gasteiger partial charge in [0.15, 0.2) is 0 Å². The fourth-order valence-corrected chi connectivity index (χ4v) is 1.88. The number of halogens is 1. The standard InChI is InChI=1S/C11H12ClN3O/c12-10-5-8(7-13)6-11(14-10)15(3-4-16)9-1-2-9/h5-6,9,16H,1-4H2. The van der Waals surface area contributed by atoms with Crippen LogP contribution in [0.4, 0.5) is 5.82 Å². The number of aliphatic hydroxyl groups excluding tert-OH is 1. The predicted molar refractivity (Wildman–Crippen MR) is 61.4 cm³/mol. The van der Waals surface area contributed by atoms with Crippen molar-refractivity contribution in [2.75, 3.05) is 18.1 Å². The van der Waals surface area contributed by atoms with Gasteiger partial charge in [-0.15, -0.1) is 0 Å². The number of rotatable bonds is 4. The van der Waals surface area contributed by atoms with Gasteiger partial charge in [0.2, 0.25) is 0 Å². The summed E-state index contributed by atoms with van der Waals surface area (Å²) in [5.41, 5.74) is 0.499. The highest BCUT2D eigenvalue weighted by Crippen LogP contribution is 2.31. The van der Waals surface area contributed by atoms with Crippen molar-refractivity contribution in [2.24, 2.45) is 0 Å². The Morgan fingerprint density at radius 3 is 2.88 bits per heavy atom. The van der Waals surface area contributed by atoms with Gasteiger partial charge in [-0.1, -0.05) is 11.6 Å². The summed E-state index contributed by atoms with van der Waals surface area (Å²) in [4.78, 5) is 6.20. The van der Waals surface area contributed by atoms with Crippen molar-refractivity contribution in [3.8, 4) is 6.07 Å². The molecule has 0 bridgehead atoms. The molecule has 1 N–H and O–H groups in total. The Kier molecular flexibility index (Phi) is 3.28. The van der Waals surface area contributed by atoms with Crippen LogP contribution in [0.25, 0.3) is 0 Å². The summed E-state index contributed by atoms with van der Waals surface area (Å²) >= 11 is 5.85. The largest absolute Gasteiger partial charge is 0.395 e. The number of hydrogen-bond acceptors (Lipinski definition) is 4. The number of aliphatic hydroxyl groups is 1. The molecule has 1 aliphatic carbocycles. The van der Waals surface area contributed by atoms with E-state index in [2.05, 4.69) is 11.1 Å². The molecule has 0 saturated heterocycles. The van der Waals surface area contributed by atoms with Crippen molar-refractivity contribution in [2.45, 2.75) is 18.9 Å². The topological polar surface area (TPSA) is 60.2 Å². The van der Waals surface area contributed by atoms with Crippen molar-refractivity contribution < 1.29 is 5.11 Å². The lowest BCUT2D eigenvalue weighted by atomic mass is 10.2. The lowest BCUT2D eigenvalue weighted by molar-refractivity contribution is 0.301. The molecule has 5 heteroatoms. The lowest BCUT2D eigenvalue weighted by Crippen LogP contribution is -2.29. The molecule has 0 aromatic carbocycles. The second kappa shape index (κ2) is 4.69. The average Bonchev–Trinajstić information content (AvgIpc) is 3.08. The van der Waals surface area contributed by atoms with Crippen LogP contribution in [0.1, 0.15) is 18.4 Å². The molecule has 0 aliphatic heterocycles. The minimum atomic E-state index is 0.0760. The molecule has 1 fully saturated rings. The van der Waals surface area contributed by atoms with E-state index in [9.17, 15) is 0 Å². The van der Waals surface area contributed by atoms with E-state index < -0.39 is 0 Å². The Bertz CT molecular complexity index is 426. The Morgan fingerprint density at radius 1 is 1.56 bits per heavy atom. The summed E-state index contributed by atoms with van der Waals surface area (Å²) in [7, 11) is 0. The Hall–Kier alpha value is -1.31. The van der Waals surface area contributed by atoms with E-state index >= 15 is 0 Å². The van der Waals surface area contributed by atoms with Crippen LogP contribution in [0, 0.1) is 11.3 Å². The number of pyridine rings is 1. The van der Waals surface area contributed by atoms with Crippen molar-refractivity contribution in [3.63, 3.8) is 0 Å². The van der Waals surface area contributed by atoms with E-state index in [4.69, 9.17) is 22.0 Å². The normalized spacial score (nSPS) is 14.6. The molecule has 1 aromatic heterocycles. The molecule has 84 valence electrons. The molecule has 0 spiro atoms. The van der Waals surface area contributed by atoms with E-state index in [0.717, 1.165) is 12.8 Å². The van der Waals surface area contributed by atoms with Gasteiger partial charge in [0, 0.05) is 12.6 Å². The number of hydrogen-bond donors (Lipinski definition) is 1. The molecule has 16 heavy (non-hydrogen) atoms. The zero-order chi connectivity index (χ0) is 11.5. The SMILES string of the molecule is N#Cc1cc(Cl)nc(N(CCO)C2CC2)c1. The van der Waals surface area contributed by atoms with Crippen molar-refractivity contribution in [3.05, 3.63) is 22.8 Å². The lowest BCUT2D eigenvalue weighted by Gasteiger charge is -2.22. The third kappa shape index (κ3) is 2.43. The van der Waals surface area contributed by atoms with E-state index in [1.54, 1.807) is 6.07 Å². The first kappa shape index (κ1) is 11.2. The van der Waals surface area contributed by atoms with Crippen LogP contribution in [0.2, 0.25) is 5.15 Å². The van der Waals surface area contributed by atoms with E-state index in [-0.39, 0.29) is 6.61 Å². The van der Waals surface area contributed by atoms with Gasteiger partial charge in [-0.3, -0.25) is 0 Å². The molecule has 1 saturated carbocycles. The minimum absolute atomic E-state index is 0.0760.